The molecule has 3 amide bonds. The number of benzene rings is 3. The molecule has 3 aromatic carbocycles. The van der Waals surface area contributed by atoms with Gasteiger partial charge in [-0.1, -0.05) is 60.7 Å². The van der Waals surface area contributed by atoms with Crippen molar-refractivity contribution in [3.8, 4) is 0 Å². The zero-order valence-corrected chi connectivity index (χ0v) is 21.6. The van der Waals surface area contributed by atoms with Crippen LogP contribution in [0.25, 0.3) is 10.9 Å². The molecule has 0 aliphatic carbocycles. The van der Waals surface area contributed by atoms with E-state index in [2.05, 4.69) is 15.6 Å². The summed E-state index contributed by atoms with van der Waals surface area (Å²) in [7, 11) is 0. The molecule has 5 rings (SSSR count). The number of fused-ring (bicyclic) bond motifs is 1. The number of hydrogen-bond acceptors (Lipinski definition) is 5. The van der Waals surface area contributed by atoms with Crippen molar-refractivity contribution in [3.63, 3.8) is 0 Å². The minimum Gasteiger partial charge on any atom is -0.480 e. The Bertz CT molecular complexity index is 1550. The molecule has 202 valence electrons. The monoisotopic (exact) mass is 536 g/mol. The van der Waals surface area contributed by atoms with Crippen LogP contribution in [0.1, 0.15) is 34.3 Å². The van der Waals surface area contributed by atoms with E-state index in [1.165, 1.54) is 4.90 Å². The van der Waals surface area contributed by atoms with Crippen LogP contribution in [-0.4, -0.2) is 50.8 Å². The number of carboxylic acid groups (broad SMARTS) is 1. The number of carbonyl (C=O) groups excluding carboxylic acids is 3. The number of nitrogens with one attached hydrogen (secondary N) is 2. The van der Waals surface area contributed by atoms with Gasteiger partial charge in [-0.25, -0.2) is 4.79 Å². The number of carbonyl (C=O) groups is 4. The maximum absolute atomic E-state index is 13.1. The van der Waals surface area contributed by atoms with Crippen molar-refractivity contribution in [2.24, 2.45) is 0 Å². The molecule has 40 heavy (non-hydrogen) atoms. The second kappa shape index (κ2) is 11.8. The van der Waals surface area contributed by atoms with Gasteiger partial charge < -0.3 is 20.6 Å². The predicted octanol–water partition coefficient (Wildman–Crippen LogP) is 3.79. The highest BCUT2D eigenvalue weighted by Crippen LogP contribution is 2.23. The van der Waals surface area contributed by atoms with E-state index in [-0.39, 0.29) is 31.2 Å². The Morgan fingerprint density at radius 1 is 0.925 bits per heavy atom. The van der Waals surface area contributed by atoms with E-state index in [0.29, 0.717) is 23.2 Å². The molecule has 0 unspecified atom stereocenters. The standard InChI is InChI=1S/C31H28N4O5/c36-28-15-14-27(35(28)19-21-6-2-1-3-7-21)30(38)34-26(31(39)40)18-20-10-12-22(13-11-20)33-29(37)24-16-17-32-25-9-5-4-8-23(24)25/h1-13,16-17,26-27H,14-15,18-19H2,(H,33,37)(H,34,38)(H,39,40)/t26-,27-/m0/s1. The number of anilines is 1. The molecule has 0 spiro atoms. The fourth-order valence-electron chi connectivity index (χ4n) is 4.90. The zero-order valence-electron chi connectivity index (χ0n) is 21.6. The van der Waals surface area contributed by atoms with E-state index in [9.17, 15) is 24.3 Å². The van der Waals surface area contributed by atoms with Gasteiger partial charge in [0.25, 0.3) is 5.91 Å². The Balaban J connectivity index is 1.22. The highest BCUT2D eigenvalue weighted by molar-refractivity contribution is 6.12. The maximum Gasteiger partial charge on any atom is 0.326 e. The molecule has 1 fully saturated rings. The molecule has 2 heterocycles. The quantitative estimate of drug-likeness (QED) is 0.299. The summed E-state index contributed by atoms with van der Waals surface area (Å²) in [6.45, 7) is 0.290. The van der Waals surface area contributed by atoms with Gasteiger partial charge in [0.2, 0.25) is 11.8 Å². The summed E-state index contributed by atoms with van der Waals surface area (Å²) in [5.41, 5.74) is 3.33. The van der Waals surface area contributed by atoms with Crippen LogP contribution in [0.2, 0.25) is 0 Å². The number of pyridine rings is 1. The lowest BCUT2D eigenvalue weighted by molar-refractivity contribution is -0.143. The Hall–Kier alpha value is -5.05. The minimum absolute atomic E-state index is 0.0453. The molecule has 4 aromatic rings. The molecule has 3 N–H and O–H groups in total. The van der Waals surface area contributed by atoms with Crippen LogP contribution in [0, 0.1) is 0 Å². The lowest BCUT2D eigenvalue weighted by Crippen LogP contribution is -2.50. The van der Waals surface area contributed by atoms with Gasteiger partial charge in [0.05, 0.1) is 11.1 Å². The van der Waals surface area contributed by atoms with Gasteiger partial charge in [-0.2, -0.15) is 0 Å². The van der Waals surface area contributed by atoms with Gasteiger partial charge in [0.1, 0.15) is 12.1 Å². The number of amides is 3. The van der Waals surface area contributed by atoms with Crippen molar-refractivity contribution in [3.05, 3.63) is 108 Å². The van der Waals surface area contributed by atoms with Crippen LogP contribution < -0.4 is 10.6 Å². The topological polar surface area (TPSA) is 129 Å². The molecule has 9 heteroatoms. The summed E-state index contributed by atoms with van der Waals surface area (Å²) >= 11 is 0. The number of carboxylic acids is 1. The maximum atomic E-state index is 13.1. The van der Waals surface area contributed by atoms with E-state index >= 15 is 0 Å². The minimum atomic E-state index is -1.18. The second-order valence-electron chi connectivity index (χ2n) is 9.69. The normalized spacial score (nSPS) is 15.6. The van der Waals surface area contributed by atoms with E-state index in [4.69, 9.17) is 0 Å². The van der Waals surface area contributed by atoms with E-state index in [1.807, 2.05) is 54.6 Å². The van der Waals surface area contributed by atoms with Crippen molar-refractivity contribution in [1.29, 1.82) is 0 Å². The number of nitrogens with zero attached hydrogens (tertiary/aromatic N) is 2. The first-order valence-electron chi connectivity index (χ1n) is 13.0. The molecular formula is C31H28N4O5. The lowest BCUT2D eigenvalue weighted by Gasteiger charge is -2.26. The summed E-state index contributed by atoms with van der Waals surface area (Å²) < 4.78 is 0. The molecule has 2 atom stereocenters. The number of aliphatic carboxylic acids is 1. The van der Waals surface area contributed by atoms with Crippen LogP contribution >= 0.6 is 0 Å². The average Bonchev–Trinajstić information content (AvgIpc) is 3.33. The summed E-state index contributed by atoms with van der Waals surface area (Å²) in [4.78, 5) is 56.2. The zero-order chi connectivity index (χ0) is 28.1. The SMILES string of the molecule is O=C(Nc1ccc(C[C@H](NC(=O)[C@@H]2CCC(=O)N2Cc2ccccc2)C(=O)O)cc1)c1ccnc2ccccc12. The van der Waals surface area contributed by atoms with Crippen molar-refractivity contribution >= 4 is 40.3 Å². The van der Waals surface area contributed by atoms with Crippen LogP contribution in [0.15, 0.2) is 91.1 Å². The first-order chi connectivity index (χ1) is 19.4. The molecular weight excluding hydrogens is 508 g/mol. The van der Waals surface area contributed by atoms with E-state index < -0.39 is 24.0 Å². The van der Waals surface area contributed by atoms with Crippen LogP contribution in [-0.2, 0) is 27.3 Å². The van der Waals surface area contributed by atoms with E-state index in [1.54, 1.807) is 36.5 Å². The number of likely N-dealkylation sites (tertiary alicyclic amines) is 1. The average molecular weight is 537 g/mol. The Labute approximate surface area is 230 Å². The number of hydrogen-bond donors (Lipinski definition) is 3. The van der Waals surface area contributed by atoms with Crippen molar-refractivity contribution < 1.29 is 24.3 Å². The predicted molar refractivity (Wildman–Crippen MR) is 149 cm³/mol. The number of para-hydroxylation sites is 1. The fraction of sp³-hybridized carbons (Fsp3) is 0.194. The summed E-state index contributed by atoms with van der Waals surface area (Å²) in [5.74, 6) is -2.07. The van der Waals surface area contributed by atoms with Crippen LogP contribution in [0.3, 0.4) is 0 Å². The Morgan fingerprint density at radius 2 is 1.65 bits per heavy atom. The van der Waals surface area contributed by atoms with E-state index in [0.717, 1.165) is 16.5 Å². The summed E-state index contributed by atoms with van der Waals surface area (Å²) in [6, 6.07) is 23.3. The summed E-state index contributed by atoms with van der Waals surface area (Å²) in [5, 5.41) is 16.0. The van der Waals surface area contributed by atoms with Crippen molar-refractivity contribution in [1.82, 2.24) is 15.2 Å². The lowest BCUT2D eigenvalue weighted by atomic mass is 10.0. The first kappa shape index (κ1) is 26.6. The molecule has 1 aliphatic rings. The molecule has 0 saturated carbocycles. The largest absolute Gasteiger partial charge is 0.480 e. The highest BCUT2D eigenvalue weighted by atomic mass is 16.4. The number of rotatable bonds is 9. The van der Waals surface area contributed by atoms with Gasteiger partial charge in [-0.3, -0.25) is 19.4 Å². The van der Waals surface area contributed by atoms with Gasteiger partial charge in [0, 0.05) is 36.7 Å². The van der Waals surface area contributed by atoms with Crippen molar-refractivity contribution in [2.75, 3.05) is 5.32 Å². The third kappa shape index (κ3) is 5.99. The molecule has 0 radical (unpaired) electrons. The molecule has 1 aliphatic heterocycles. The Kier molecular flexibility index (Phi) is 7.82. The third-order valence-electron chi connectivity index (χ3n) is 6.99. The third-order valence-corrected chi connectivity index (χ3v) is 6.99. The fourth-order valence-corrected chi connectivity index (χ4v) is 4.90. The highest BCUT2D eigenvalue weighted by Gasteiger charge is 2.37. The molecule has 0 bridgehead atoms. The first-order valence-corrected chi connectivity index (χ1v) is 13.0. The summed E-state index contributed by atoms with van der Waals surface area (Å²) in [6.07, 6.45) is 2.21. The molecule has 1 aromatic heterocycles. The van der Waals surface area contributed by atoms with Crippen molar-refractivity contribution in [2.45, 2.75) is 37.9 Å². The van der Waals surface area contributed by atoms with Gasteiger partial charge in [0.15, 0.2) is 0 Å². The molecule has 9 nitrogen and oxygen atoms in total. The van der Waals surface area contributed by atoms with Gasteiger partial charge in [-0.15, -0.1) is 0 Å². The smallest absolute Gasteiger partial charge is 0.326 e. The molecule has 1 saturated heterocycles. The van der Waals surface area contributed by atoms with Crippen LogP contribution in [0.4, 0.5) is 5.69 Å². The Morgan fingerprint density at radius 3 is 2.40 bits per heavy atom. The van der Waals surface area contributed by atoms with Crippen LogP contribution in [0.5, 0.6) is 0 Å². The van der Waals surface area contributed by atoms with Gasteiger partial charge in [-0.05, 0) is 41.8 Å². The second-order valence-corrected chi connectivity index (χ2v) is 9.69. The number of aromatic nitrogens is 1. The van der Waals surface area contributed by atoms with Gasteiger partial charge >= 0.3 is 5.97 Å².